The number of nitrogens with zero attached hydrogens (tertiary/aromatic N) is 4. The molecule has 0 heterocycles. The first-order chi connectivity index (χ1) is 8.76. The molecule has 0 aromatic rings. The van der Waals surface area contributed by atoms with Crippen LogP contribution in [0.4, 0.5) is 0 Å². The Hall–Kier alpha value is -1.96. The highest BCUT2D eigenvalue weighted by Crippen LogP contribution is 2.22. The summed E-state index contributed by atoms with van der Waals surface area (Å²) in [5, 5.41) is 58.8. The summed E-state index contributed by atoms with van der Waals surface area (Å²) in [7, 11) is 0. The molecule has 19 heavy (non-hydrogen) atoms. The lowest BCUT2D eigenvalue weighted by atomic mass is 10.2. The first-order valence-electron chi connectivity index (χ1n) is 4.84. The molecule has 0 aliphatic heterocycles. The van der Waals surface area contributed by atoms with E-state index >= 15 is 0 Å². The summed E-state index contributed by atoms with van der Waals surface area (Å²) in [5.74, 6) is -3.69. The van der Waals surface area contributed by atoms with Crippen LogP contribution in [-0.4, -0.2) is 73.3 Å². The number of aliphatic hydroxyl groups is 3. The van der Waals surface area contributed by atoms with Crippen LogP contribution < -0.4 is 0 Å². The van der Waals surface area contributed by atoms with Crippen molar-refractivity contribution in [2.24, 2.45) is 0 Å². The van der Waals surface area contributed by atoms with E-state index in [-0.39, 0.29) is 4.90 Å². The SMILES string of the molecule is O=[N+]([O-])C(O)C(N(CCO)CCO)([N+](=O)[O-])[N+](=O)[O-]. The molecule has 0 saturated carbocycles. The van der Waals surface area contributed by atoms with Crippen molar-refractivity contribution < 1.29 is 30.1 Å². The second-order valence-corrected chi connectivity index (χ2v) is 3.29. The van der Waals surface area contributed by atoms with E-state index in [9.17, 15) is 35.4 Å². The molecule has 0 saturated heterocycles. The lowest BCUT2D eigenvalue weighted by Gasteiger charge is -2.27. The third-order valence-corrected chi connectivity index (χ3v) is 2.29. The van der Waals surface area contributed by atoms with Crippen LogP contribution in [-0.2, 0) is 0 Å². The van der Waals surface area contributed by atoms with Gasteiger partial charge in [0, 0.05) is 13.1 Å². The predicted octanol–water partition coefficient (Wildman–Crippen LogP) is -2.92. The van der Waals surface area contributed by atoms with Crippen LogP contribution in [0.1, 0.15) is 0 Å². The Bertz CT molecular complexity index is 341. The van der Waals surface area contributed by atoms with Crippen LogP contribution in [0.2, 0.25) is 0 Å². The molecule has 3 N–H and O–H groups in total. The minimum atomic E-state index is -3.69. The average Bonchev–Trinajstić information content (AvgIpc) is 2.29. The predicted molar refractivity (Wildman–Crippen MR) is 55.5 cm³/mol. The van der Waals surface area contributed by atoms with Crippen molar-refractivity contribution >= 4 is 0 Å². The summed E-state index contributed by atoms with van der Waals surface area (Å²) in [6.45, 7) is -3.03. The maximum absolute atomic E-state index is 10.9. The minimum Gasteiger partial charge on any atom is -0.395 e. The molecular weight excluding hydrogens is 272 g/mol. The van der Waals surface area contributed by atoms with Crippen LogP contribution in [0, 0.1) is 30.3 Å². The second-order valence-electron chi connectivity index (χ2n) is 3.29. The van der Waals surface area contributed by atoms with Gasteiger partial charge in [-0.25, -0.2) is 0 Å². The zero-order chi connectivity index (χ0) is 15.2. The molecule has 0 fully saturated rings. The van der Waals surface area contributed by atoms with E-state index in [0.29, 0.717) is 0 Å². The van der Waals surface area contributed by atoms with Crippen LogP contribution in [0.25, 0.3) is 0 Å². The average molecular weight is 284 g/mol. The number of hydrogen-bond donors (Lipinski definition) is 3. The third kappa shape index (κ3) is 3.08. The summed E-state index contributed by atoms with van der Waals surface area (Å²) in [4.78, 5) is 27.6. The highest BCUT2D eigenvalue weighted by atomic mass is 16.7. The second kappa shape index (κ2) is 6.83. The maximum Gasteiger partial charge on any atom is 0.616 e. The van der Waals surface area contributed by atoms with E-state index in [2.05, 4.69) is 0 Å². The van der Waals surface area contributed by atoms with Crippen molar-refractivity contribution in [2.75, 3.05) is 26.3 Å². The van der Waals surface area contributed by atoms with Crippen molar-refractivity contribution in [3.63, 3.8) is 0 Å². The van der Waals surface area contributed by atoms with Crippen molar-refractivity contribution in [3.05, 3.63) is 30.3 Å². The molecule has 0 spiro atoms. The largest absolute Gasteiger partial charge is 0.616 e. The molecule has 0 aliphatic carbocycles. The quantitative estimate of drug-likeness (QED) is 0.224. The van der Waals surface area contributed by atoms with Crippen LogP contribution in [0.15, 0.2) is 0 Å². The Kier molecular flexibility index (Phi) is 6.13. The summed E-state index contributed by atoms with van der Waals surface area (Å²) >= 11 is 0. The third-order valence-electron chi connectivity index (χ3n) is 2.29. The molecule has 110 valence electrons. The Morgan fingerprint density at radius 1 is 1.00 bits per heavy atom. The smallest absolute Gasteiger partial charge is 0.395 e. The Morgan fingerprint density at radius 2 is 1.37 bits per heavy atom. The molecule has 0 radical (unpaired) electrons. The van der Waals surface area contributed by atoms with Crippen molar-refractivity contribution in [1.29, 1.82) is 0 Å². The monoisotopic (exact) mass is 284 g/mol. The van der Waals surface area contributed by atoms with Crippen LogP contribution in [0.5, 0.6) is 0 Å². The fraction of sp³-hybridized carbons (Fsp3) is 1.00. The Morgan fingerprint density at radius 3 is 1.58 bits per heavy atom. The number of aliphatic hydroxyl groups excluding tert-OH is 3. The van der Waals surface area contributed by atoms with Gasteiger partial charge in [0.2, 0.25) is 0 Å². The van der Waals surface area contributed by atoms with Gasteiger partial charge < -0.3 is 15.3 Å². The van der Waals surface area contributed by atoms with Gasteiger partial charge in [0.15, 0.2) is 0 Å². The number of nitro groups is 3. The van der Waals surface area contributed by atoms with Gasteiger partial charge >= 0.3 is 12.0 Å². The van der Waals surface area contributed by atoms with Gasteiger partial charge in [-0.15, -0.1) is 0 Å². The summed E-state index contributed by atoms with van der Waals surface area (Å²) < 4.78 is 0. The fourth-order valence-corrected chi connectivity index (χ4v) is 1.47. The van der Waals surface area contributed by atoms with Gasteiger partial charge in [-0.1, -0.05) is 0 Å². The topological polar surface area (TPSA) is 193 Å². The number of hydrogen-bond acceptors (Lipinski definition) is 10. The van der Waals surface area contributed by atoms with E-state index in [1.54, 1.807) is 0 Å². The van der Waals surface area contributed by atoms with E-state index in [1.807, 2.05) is 0 Å². The molecule has 0 aliphatic rings. The van der Waals surface area contributed by atoms with E-state index < -0.39 is 53.1 Å². The number of rotatable bonds is 9. The molecule has 13 heteroatoms. The summed E-state index contributed by atoms with van der Waals surface area (Å²) in [5.41, 5.74) is 0. The molecule has 13 nitrogen and oxygen atoms in total. The lowest BCUT2D eigenvalue weighted by molar-refractivity contribution is -0.874. The lowest BCUT2D eigenvalue weighted by Crippen LogP contribution is -2.69. The van der Waals surface area contributed by atoms with Crippen molar-refractivity contribution in [1.82, 2.24) is 4.90 Å². The fourth-order valence-electron chi connectivity index (χ4n) is 1.47. The van der Waals surface area contributed by atoms with Gasteiger partial charge in [-0.3, -0.25) is 30.3 Å². The zero-order valence-corrected chi connectivity index (χ0v) is 9.49. The zero-order valence-electron chi connectivity index (χ0n) is 9.49. The van der Waals surface area contributed by atoms with Crippen molar-refractivity contribution in [3.8, 4) is 0 Å². The van der Waals surface area contributed by atoms with Crippen molar-refractivity contribution in [2.45, 2.75) is 12.0 Å². The highest BCUT2D eigenvalue weighted by Gasteiger charge is 2.74. The molecule has 0 bridgehead atoms. The molecule has 1 atom stereocenters. The molecule has 0 aromatic carbocycles. The summed E-state index contributed by atoms with van der Waals surface area (Å²) in [6, 6.07) is 0. The Labute approximate surface area is 105 Å². The first-order valence-corrected chi connectivity index (χ1v) is 4.84. The standard InChI is InChI=1S/C6H12N4O9/c11-3-1-7(2-4-12)6(9(16)17,10(18)19)5(13)8(14)15/h5,11-13H,1-4H2. The van der Waals surface area contributed by atoms with E-state index in [4.69, 9.17) is 10.2 Å². The molecule has 1 unspecified atom stereocenters. The van der Waals surface area contributed by atoms with Gasteiger partial charge in [0.1, 0.15) is 9.85 Å². The van der Waals surface area contributed by atoms with Gasteiger partial charge in [-0.05, 0) is 0 Å². The Balaban J connectivity index is 5.87. The van der Waals surface area contributed by atoms with Gasteiger partial charge in [0.25, 0.3) is 0 Å². The van der Waals surface area contributed by atoms with E-state index in [1.165, 1.54) is 0 Å². The normalized spacial score (nSPS) is 13.3. The summed E-state index contributed by atoms with van der Waals surface area (Å²) in [6.07, 6.45) is -3.17. The molecule has 0 rings (SSSR count). The van der Waals surface area contributed by atoms with Gasteiger partial charge in [-0.2, -0.15) is 4.90 Å². The van der Waals surface area contributed by atoms with E-state index in [0.717, 1.165) is 0 Å². The molecule has 0 amide bonds. The van der Waals surface area contributed by atoms with Crippen LogP contribution in [0.3, 0.4) is 0 Å². The molecular formula is C6H12N4O9. The maximum atomic E-state index is 10.9. The highest BCUT2D eigenvalue weighted by molar-refractivity contribution is 4.73. The van der Waals surface area contributed by atoms with Crippen LogP contribution >= 0.6 is 0 Å². The first kappa shape index (κ1) is 17.0. The molecule has 0 aromatic heterocycles. The minimum absolute atomic E-state index is 0.223. The van der Waals surface area contributed by atoms with Gasteiger partial charge in [0.05, 0.1) is 18.1 Å².